The van der Waals surface area contributed by atoms with Crippen molar-refractivity contribution in [3.05, 3.63) is 17.5 Å². The molecule has 1 unspecified atom stereocenters. The van der Waals surface area contributed by atoms with Gasteiger partial charge in [0, 0.05) is 18.8 Å². The Balaban J connectivity index is 2.10. The maximum absolute atomic E-state index is 13.3. The number of aliphatic hydroxyl groups is 1. The van der Waals surface area contributed by atoms with Crippen LogP contribution in [-0.2, 0) is 6.54 Å². The first-order valence-electron chi connectivity index (χ1n) is 7.24. The monoisotopic (exact) mass is 333 g/mol. The second-order valence-corrected chi connectivity index (χ2v) is 7.13. The van der Waals surface area contributed by atoms with E-state index in [-0.39, 0.29) is 23.7 Å². The molecule has 0 bridgehead atoms. The molecule has 0 aliphatic carbocycles. The van der Waals surface area contributed by atoms with Gasteiger partial charge >= 0.3 is 0 Å². The average Bonchev–Trinajstić information content (AvgIpc) is 3.03. The van der Waals surface area contributed by atoms with Gasteiger partial charge in [0.1, 0.15) is 5.69 Å². The predicted molar refractivity (Wildman–Crippen MR) is 81.2 cm³/mol. The molecule has 1 aliphatic heterocycles. The molecular formula is C14H21F2N3O2S. The number of carbonyl (C=O) groups is 1. The van der Waals surface area contributed by atoms with Crippen LogP contribution in [0.4, 0.5) is 8.78 Å². The summed E-state index contributed by atoms with van der Waals surface area (Å²) in [6, 6.07) is 0. The summed E-state index contributed by atoms with van der Waals surface area (Å²) < 4.78 is 27.7. The Morgan fingerprint density at radius 1 is 1.59 bits per heavy atom. The number of nitrogens with zero attached hydrogens (tertiary/aromatic N) is 2. The molecule has 124 valence electrons. The fourth-order valence-electron chi connectivity index (χ4n) is 2.37. The first-order valence-corrected chi connectivity index (χ1v) is 8.40. The third kappa shape index (κ3) is 3.98. The van der Waals surface area contributed by atoms with E-state index in [9.17, 15) is 18.7 Å². The molecule has 2 rings (SSSR count). The Bertz CT molecular complexity index is 528. The first kappa shape index (κ1) is 17.2. The van der Waals surface area contributed by atoms with Crippen molar-refractivity contribution in [3.63, 3.8) is 0 Å². The Hall–Kier alpha value is -1.15. The Morgan fingerprint density at radius 2 is 2.32 bits per heavy atom. The normalized spacial score (nSPS) is 21.8. The van der Waals surface area contributed by atoms with Crippen LogP contribution in [0.1, 0.15) is 42.7 Å². The molecule has 1 aromatic rings. The van der Waals surface area contributed by atoms with Gasteiger partial charge in [0.05, 0.1) is 17.4 Å². The SMILES string of the molecule is CC(C)Cn1ncc(C(=O)NCC2(O)CCSC2)c1C(F)F. The van der Waals surface area contributed by atoms with Gasteiger partial charge in [-0.15, -0.1) is 0 Å². The standard InChI is InChI=1S/C14H21F2N3O2S/c1-9(2)6-19-11(12(15)16)10(5-18-19)13(20)17-7-14(21)3-4-22-8-14/h5,9,12,21H,3-4,6-8H2,1-2H3,(H,17,20). The van der Waals surface area contributed by atoms with Crippen molar-refractivity contribution in [1.82, 2.24) is 15.1 Å². The number of carbonyl (C=O) groups excluding carboxylic acids is 1. The molecule has 0 saturated carbocycles. The Labute approximate surface area is 132 Å². The number of aromatic nitrogens is 2. The van der Waals surface area contributed by atoms with Crippen molar-refractivity contribution < 1.29 is 18.7 Å². The van der Waals surface area contributed by atoms with Crippen LogP contribution in [-0.4, -0.2) is 44.4 Å². The highest BCUT2D eigenvalue weighted by Crippen LogP contribution is 2.27. The van der Waals surface area contributed by atoms with E-state index >= 15 is 0 Å². The highest BCUT2D eigenvalue weighted by molar-refractivity contribution is 7.99. The minimum absolute atomic E-state index is 0.0663. The topological polar surface area (TPSA) is 67.2 Å². The zero-order chi connectivity index (χ0) is 16.3. The van der Waals surface area contributed by atoms with E-state index in [1.807, 2.05) is 13.8 Å². The molecule has 1 fully saturated rings. The second-order valence-electron chi connectivity index (χ2n) is 6.03. The van der Waals surface area contributed by atoms with Crippen molar-refractivity contribution in [2.45, 2.75) is 38.8 Å². The fraction of sp³-hybridized carbons (Fsp3) is 0.714. The van der Waals surface area contributed by atoms with Crippen LogP contribution in [0.15, 0.2) is 6.20 Å². The van der Waals surface area contributed by atoms with Gasteiger partial charge in [-0.05, 0) is 18.1 Å². The third-order valence-electron chi connectivity index (χ3n) is 3.53. The molecule has 8 heteroatoms. The Morgan fingerprint density at radius 3 is 2.86 bits per heavy atom. The van der Waals surface area contributed by atoms with Gasteiger partial charge in [0.15, 0.2) is 0 Å². The lowest BCUT2D eigenvalue weighted by atomic mass is 10.0. The number of rotatable bonds is 6. The average molecular weight is 333 g/mol. The van der Waals surface area contributed by atoms with Gasteiger partial charge in [0.2, 0.25) is 0 Å². The van der Waals surface area contributed by atoms with E-state index in [1.54, 1.807) is 11.8 Å². The molecule has 5 nitrogen and oxygen atoms in total. The minimum atomic E-state index is -2.77. The maximum atomic E-state index is 13.3. The molecule has 0 spiro atoms. The van der Waals surface area contributed by atoms with Crippen molar-refractivity contribution >= 4 is 17.7 Å². The zero-order valence-electron chi connectivity index (χ0n) is 12.7. The molecule has 1 atom stereocenters. The molecule has 1 saturated heterocycles. The van der Waals surface area contributed by atoms with Crippen LogP contribution >= 0.6 is 11.8 Å². The van der Waals surface area contributed by atoms with Crippen molar-refractivity contribution in [3.8, 4) is 0 Å². The van der Waals surface area contributed by atoms with Crippen LogP contribution in [0.5, 0.6) is 0 Å². The molecule has 0 radical (unpaired) electrons. The molecule has 0 aromatic carbocycles. The summed E-state index contributed by atoms with van der Waals surface area (Å²) >= 11 is 1.61. The molecular weight excluding hydrogens is 312 g/mol. The lowest BCUT2D eigenvalue weighted by Gasteiger charge is -2.21. The highest BCUT2D eigenvalue weighted by atomic mass is 32.2. The predicted octanol–water partition coefficient (Wildman–Crippen LogP) is 2.07. The third-order valence-corrected chi connectivity index (χ3v) is 4.76. The van der Waals surface area contributed by atoms with E-state index < -0.39 is 17.9 Å². The summed E-state index contributed by atoms with van der Waals surface area (Å²) in [5.41, 5.74) is -1.43. The molecule has 2 heterocycles. The van der Waals surface area contributed by atoms with Crippen LogP contribution < -0.4 is 5.32 Å². The summed E-state index contributed by atoms with van der Waals surface area (Å²) in [5, 5.41) is 16.6. The summed E-state index contributed by atoms with van der Waals surface area (Å²) in [6.07, 6.45) is -1.01. The van der Waals surface area contributed by atoms with Crippen LogP contribution in [0.2, 0.25) is 0 Å². The lowest BCUT2D eigenvalue weighted by Crippen LogP contribution is -2.43. The van der Waals surface area contributed by atoms with E-state index in [0.717, 1.165) is 5.75 Å². The number of thioether (sulfide) groups is 1. The van der Waals surface area contributed by atoms with Gasteiger partial charge in [-0.1, -0.05) is 13.8 Å². The molecule has 1 aliphatic rings. The van der Waals surface area contributed by atoms with E-state index in [0.29, 0.717) is 18.7 Å². The van der Waals surface area contributed by atoms with Gasteiger partial charge in [-0.25, -0.2) is 8.78 Å². The summed E-state index contributed by atoms with van der Waals surface area (Å²) in [6.45, 7) is 4.18. The molecule has 22 heavy (non-hydrogen) atoms. The van der Waals surface area contributed by atoms with Gasteiger partial charge in [-0.3, -0.25) is 9.48 Å². The summed E-state index contributed by atoms with van der Waals surface area (Å²) in [5.74, 6) is 0.905. The van der Waals surface area contributed by atoms with Crippen molar-refractivity contribution in [2.75, 3.05) is 18.1 Å². The maximum Gasteiger partial charge on any atom is 0.280 e. The number of alkyl halides is 2. The Kier molecular flexibility index (Phi) is 5.44. The van der Waals surface area contributed by atoms with Crippen LogP contribution in [0.25, 0.3) is 0 Å². The fourth-order valence-corrected chi connectivity index (χ4v) is 3.66. The summed E-state index contributed by atoms with van der Waals surface area (Å²) in [4.78, 5) is 12.2. The van der Waals surface area contributed by atoms with Crippen LogP contribution in [0.3, 0.4) is 0 Å². The minimum Gasteiger partial charge on any atom is -0.387 e. The molecule has 2 N–H and O–H groups in total. The number of amides is 1. The zero-order valence-corrected chi connectivity index (χ0v) is 13.5. The van der Waals surface area contributed by atoms with Crippen molar-refractivity contribution in [1.29, 1.82) is 0 Å². The highest BCUT2D eigenvalue weighted by Gasteiger charge is 2.33. The van der Waals surface area contributed by atoms with E-state index in [1.165, 1.54) is 10.9 Å². The first-order chi connectivity index (χ1) is 10.3. The smallest absolute Gasteiger partial charge is 0.280 e. The van der Waals surface area contributed by atoms with Gasteiger partial charge < -0.3 is 10.4 Å². The lowest BCUT2D eigenvalue weighted by molar-refractivity contribution is 0.0609. The number of hydrogen-bond acceptors (Lipinski definition) is 4. The van der Waals surface area contributed by atoms with E-state index in [4.69, 9.17) is 0 Å². The quantitative estimate of drug-likeness (QED) is 0.836. The number of hydrogen-bond donors (Lipinski definition) is 2. The largest absolute Gasteiger partial charge is 0.387 e. The van der Waals surface area contributed by atoms with E-state index in [2.05, 4.69) is 10.4 Å². The van der Waals surface area contributed by atoms with Crippen molar-refractivity contribution in [2.24, 2.45) is 5.92 Å². The molecule has 1 aromatic heterocycles. The summed E-state index contributed by atoms with van der Waals surface area (Å²) in [7, 11) is 0. The van der Waals surface area contributed by atoms with Gasteiger partial charge in [-0.2, -0.15) is 16.9 Å². The number of halogens is 2. The van der Waals surface area contributed by atoms with Crippen LogP contribution in [0, 0.1) is 5.92 Å². The number of nitrogens with one attached hydrogen (secondary N) is 1. The second kappa shape index (κ2) is 6.95. The molecule has 1 amide bonds. The van der Waals surface area contributed by atoms with Gasteiger partial charge in [0.25, 0.3) is 12.3 Å².